The molecule has 3 rings (SSSR count). The van der Waals surface area contributed by atoms with Crippen molar-refractivity contribution in [3.05, 3.63) is 59.2 Å². The first-order valence-electron chi connectivity index (χ1n) is 8.38. The van der Waals surface area contributed by atoms with Gasteiger partial charge in [0.2, 0.25) is 0 Å². The van der Waals surface area contributed by atoms with Gasteiger partial charge >= 0.3 is 0 Å². The van der Waals surface area contributed by atoms with Crippen molar-refractivity contribution in [3.8, 4) is 6.07 Å². The van der Waals surface area contributed by atoms with E-state index in [0.717, 1.165) is 25.6 Å². The van der Waals surface area contributed by atoms with Gasteiger partial charge < -0.3 is 16.2 Å². The highest BCUT2D eigenvalue weighted by molar-refractivity contribution is 5.71. The second-order valence-corrected chi connectivity index (χ2v) is 5.34. The number of anilines is 1. The number of nitrogens with two attached hydrogens (primary N) is 1. The molecule has 0 atom stereocenters. The highest BCUT2D eigenvalue weighted by Gasteiger charge is 2.45. The molecule has 28 heavy (non-hydrogen) atoms. The highest BCUT2D eigenvalue weighted by atomic mass is 19.1. The number of rotatable bonds is 4. The summed E-state index contributed by atoms with van der Waals surface area (Å²) in [5, 5.41) is 18.3. The van der Waals surface area contributed by atoms with E-state index in [1.807, 2.05) is 19.2 Å². The average molecular weight is 387 g/mol. The van der Waals surface area contributed by atoms with Crippen LogP contribution in [-0.2, 0) is 5.54 Å². The lowest BCUT2D eigenvalue weighted by Crippen LogP contribution is -2.06. The molecule has 1 aromatic heterocycles. The third-order valence-corrected chi connectivity index (χ3v) is 3.82. The number of aldehydes is 1. The van der Waals surface area contributed by atoms with Gasteiger partial charge in [0.25, 0.3) is 0 Å². The van der Waals surface area contributed by atoms with Crippen molar-refractivity contribution >= 4 is 18.7 Å². The Balaban J connectivity index is 0.000000460. The molecule has 1 aliphatic rings. The lowest BCUT2D eigenvalue weighted by Gasteiger charge is -2.12. The number of halogens is 1. The molecule has 8 heteroatoms. The first-order chi connectivity index (χ1) is 13.6. The van der Waals surface area contributed by atoms with Crippen LogP contribution in [0.4, 0.5) is 10.1 Å². The SMILES string of the molecule is C=NC1(c2cc(NC)ccc2F)CC1.CN.CO.N#Cc1ccc(C=O)nc1. The number of hydrogen-bond donors (Lipinski definition) is 3. The lowest BCUT2D eigenvalue weighted by atomic mass is 10.0. The molecular weight excluding hydrogens is 361 g/mol. The summed E-state index contributed by atoms with van der Waals surface area (Å²) in [5.41, 5.74) is 6.55. The summed E-state index contributed by atoms with van der Waals surface area (Å²) in [7, 11) is 4.32. The fourth-order valence-electron chi connectivity index (χ4n) is 2.21. The maximum atomic E-state index is 13.5. The molecule has 0 amide bonds. The van der Waals surface area contributed by atoms with Crippen molar-refractivity contribution < 1.29 is 14.3 Å². The number of aliphatic imine (C=N–C) groups is 1. The molecule has 4 N–H and O–H groups in total. The molecule has 0 unspecified atom stereocenters. The standard InChI is InChI=1S/C11H13FN2.C7H4N2O.CH5N.CH4O/c1-13-8-3-4-10(12)9(7-8)11(14-2)5-6-11;8-3-6-1-2-7(5-10)9-4-6;2*1-2/h3-4,7,13H,2,5-6H2,1H3;1-2,4-5H;2H2,1H3;2H,1H3. The number of pyridine rings is 1. The van der Waals surface area contributed by atoms with Crippen LogP contribution in [0.15, 0.2) is 41.5 Å². The van der Waals surface area contributed by atoms with Crippen molar-refractivity contribution in [2.24, 2.45) is 10.7 Å². The number of benzene rings is 1. The van der Waals surface area contributed by atoms with E-state index in [4.69, 9.17) is 10.4 Å². The Morgan fingerprint density at radius 3 is 2.39 bits per heavy atom. The van der Waals surface area contributed by atoms with Crippen LogP contribution in [0.2, 0.25) is 0 Å². The molecule has 0 radical (unpaired) electrons. The minimum atomic E-state index is -0.336. The summed E-state index contributed by atoms with van der Waals surface area (Å²) < 4.78 is 13.5. The van der Waals surface area contributed by atoms with E-state index in [1.165, 1.54) is 25.4 Å². The maximum absolute atomic E-state index is 13.5. The monoisotopic (exact) mass is 387 g/mol. The number of nitrogens with one attached hydrogen (secondary N) is 1. The number of nitriles is 1. The smallest absolute Gasteiger partial charge is 0.168 e. The second-order valence-electron chi connectivity index (χ2n) is 5.34. The molecule has 2 aromatic rings. The predicted molar refractivity (Wildman–Crippen MR) is 109 cm³/mol. The van der Waals surface area contributed by atoms with Gasteiger partial charge in [-0.1, -0.05) is 0 Å². The summed E-state index contributed by atoms with van der Waals surface area (Å²) in [4.78, 5) is 17.8. The van der Waals surface area contributed by atoms with Crippen molar-refractivity contribution in [1.82, 2.24) is 4.98 Å². The minimum Gasteiger partial charge on any atom is -0.400 e. The van der Waals surface area contributed by atoms with E-state index in [-0.39, 0.29) is 11.4 Å². The number of aromatic nitrogens is 1. The van der Waals surface area contributed by atoms with Gasteiger partial charge in [-0.25, -0.2) is 4.39 Å². The largest absolute Gasteiger partial charge is 0.400 e. The fraction of sp³-hybridized carbons (Fsp3) is 0.300. The van der Waals surface area contributed by atoms with Gasteiger partial charge in [0, 0.05) is 31.6 Å². The first-order valence-corrected chi connectivity index (χ1v) is 8.38. The lowest BCUT2D eigenvalue weighted by molar-refractivity contribution is 0.111. The van der Waals surface area contributed by atoms with E-state index in [1.54, 1.807) is 12.1 Å². The number of carbonyl (C=O) groups is 1. The van der Waals surface area contributed by atoms with Crippen LogP contribution in [-0.4, -0.2) is 44.3 Å². The van der Waals surface area contributed by atoms with Gasteiger partial charge in [-0.3, -0.25) is 14.8 Å². The molecule has 0 bridgehead atoms. The molecule has 1 heterocycles. The van der Waals surface area contributed by atoms with E-state index in [9.17, 15) is 9.18 Å². The Bertz CT molecular complexity index is 784. The van der Waals surface area contributed by atoms with Crippen molar-refractivity contribution in [2.75, 3.05) is 26.5 Å². The van der Waals surface area contributed by atoms with Crippen LogP contribution in [0.25, 0.3) is 0 Å². The molecule has 1 aliphatic carbocycles. The Kier molecular flexibility index (Phi) is 11.6. The number of nitrogens with zero attached hydrogens (tertiary/aromatic N) is 3. The summed E-state index contributed by atoms with van der Waals surface area (Å²) >= 11 is 0. The Morgan fingerprint density at radius 1 is 1.36 bits per heavy atom. The van der Waals surface area contributed by atoms with Gasteiger partial charge in [-0.05, 0) is 56.9 Å². The van der Waals surface area contributed by atoms with Crippen molar-refractivity contribution in [1.29, 1.82) is 5.26 Å². The first kappa shape index (κ1) is 24.8. The van der Waals surface area contributed by atoms with E-state index in [0.29, 0.717) is 23.1 Å². The summed E-state index contributed by atoms with van der Waals surface area (Å²) in [5.74, 6) is -0.186. The van der Waals surface area contributed by atoms with Gasteiger partial charge in [0.05, 0.1) is 11.1 Å². The van der Waals surface area contributed by atoms with Gasteiger partial charge in [0.1, 0.15) is 17.6 Å². The molecule has 150 valence electrons. The van der Waals surface area contributed by atoms with Gasteiger partial charge in [0.15, 0.2) is 6.29 Å². The number of aliphatic hydroxyl groups is 1. The highest BCUT2D eigenvalue weighted by Crippen LogP contribution is 2.50. The number of carbonyl (C=O) groups excluding carboxylic acids is 1. The zero-order chi connectivity index (χ0) is 21.6. The summed E-state index contributed by atoms with van der Waals surface area (Å²) in [6, 6.07) is 9.97. The molecule has 7 nitrogen and oxygen atoms in total. The van der Waals surface area contributed by atoms with Crippen LogP contribution in [0.1, 0.15) is 34.5 Å². The Labute approximate surface area is 164 Å². The van der Waals surface area contributed by atoms with Crippen LogP contribution < -0.4 is 11.1 Å². The third kappa shape index (κ3) is 6.87. The van der Waals surface area contributed by atoms with Gasteiger partial charge in [-0.2, -0.15) is 5.26 Å². The molecule has 1 fully saturated rings. The minimum absolute atomic E-state index is 0.186. The van der Waals surface area contributed by atoms with Crippen molar-refractivity contribution in [3.63, 3.8) is 0 Å². The average Bonchev–Trinajstić information content (AvgIpc) is 3.58. The summed E-state index contributed by atoms with van der Waals surface area (Å²) in [6.45, 7) is 3.53. The number of hydrogen-bond acceptors (Lipinski definition) is 7. The number of aliphatic hydroxyl groups excluding tert-OH is 1. The predicted octanol–water partition coefficient (Wildman–Crippen LogP) is 2.51. The van der Waals surface area contributed by atoms with Crippen LogP contribution in [0, 0.1) is 17.1 Å². The van der Waals surface area contributed by atoms with Gasteiger partial charge in [-0.15, -0.1) is 0 Å². The molecule has 1 saturated carbocycles. The van der Waals surface area contributed by atoms with Crippen LogP contribution in [0.3, 0.4) is 0 Å². The molecule has 0 aliphatic heterocycles. The van der Waals surface area contributed by atoms with E-state index < -0.39 is 0 Å². The fourth-order valence-corrected chi connectivity index (χ4v) is 2.21. The molecule has 0 spiro atoms. The van der Waals surface area contributed by atoms with E-state index in [2.05, 4.69) is 27.7 Å². The molecule has 0 saturated heterocycles. The van der Waals surface area contributed by atoms with E-state index >= 15 is 0 Å². The topological polar surface area (TPSA) is 124 Å². The van der Waals surface area contributed by atoms with Crippen molar-refractivity contribution in [2.45, 2.75) is 18.4 Å². The quantitative estimate of drug-likeness (QED) is 0.547. The Hall–Kier alpha value is -3.15. The Morgan fingerprint density at radius 2 is 2.00 bits per heavy atom. The zero-order valence-electron chi connectivity index (χ0n) is 16.3. The van der Waals surface area contributed by atoms with Crippen LogP contribution in [0.5, 0.6) is 0 Å². The normalized spacial score (nSPS) is 12.2. The molecular formula is C20H26FN5O2. The summed E-state index contributed by atoms with van der Waals surface area (Å²) in [6.07, 6.45) is 3.81. The zero-order valence-corrected chi connectivity index (χ0v) is 16.3. The molecule has 1 aromatic carbocycles. The van der Waals surface area contributed by atoms with Crippen LogP contribution >= 0.6 is 0 Å². The maximum Gasteiger partial charge on any atom is 0.168 e. The third-order valence-electron chi connectivity index (χ3n) is 3.82. The second kappa shape index (κ2) is 13.1.